The first-order valence-corrected chi connectivity index (χ1v) is 9.49. The lowest BCUT2D eigenvalue weighted by Gasteiger charge is -2.25. The van der Waals surface area contributed by atoms with Crippen LogP contribution in [-0.2, 0) is 12.7 Å². The largest absolute Gasteiger partial charge is 0.434 e. The summed E-state index contributed by atoms with van der Waals surface area (Å²) in [5, 5.41) is 7.56. The molecule has 2 rings (SSSR count). The van der Waals surface area contributed by atoms with E-state index in [-0.39, 0.29) is 6.54 Å². The fourth-order valence-corrected chi connectivity index (χ4v) is 3.32. The highest BCUT2D eigenvalue weighted by atomic mass is 32.1. The minimum Gasteiger partial charge on any atom is -0.370 e. The highest BCUT2D eigenvalue weighted by Gasteiger charge is 2.33. The maximum atomic E-state index is 12.6. The molecule has 0 saturated carbocycles. The maximum Gasteiger partial charge on any atom is 0.434 e. The molecule has 2 N–H and O–H groups in total. The molecule has 1 heterocycles. The molecule has 0 spiro atoms. The van der Waals surface area contributed by atoms with Crippen LogP contribution in [0.25, 0.3) is 0 Å². The first kappa shape index (κ1) is 21.0. The van der Waals surface area contributed by atoms with Gasteiger partial charge in [0.15, 0.2) is 11.7 Å². The number of aliphatic imine (C=N–C) groups is 1. The lowest BCUT2D eigenvalue weighted by molar-refractivity contribution is -0.140. The van der Waals surface area contributed by atoms with Crippen molar-refractivity contribution in [2.75, 3.05) is 31.6 Å². The van der Waals surface area contributed by atoms with Gasteiger partial charge in [-0.15, -0.1) is 11.3 Å². The standard InChI is InChI=1S/C18H24F3N5S/c1-4-26(14-8-6-5-7-13(14)2)10-9-23-17(22-3)24-11-16-25-15(12-27-16)18(19,20)21/h5-8,12H,4,9-11H2,1-3H3,(H2,22,23,24). The fourth-order valence-electron chi connectivity index (χ4n) is 2.58. The molecule has 0 saturated heterocycles. The number of guanidine groups is 1. The zero-order chi connectivity index (χ0) is 19.9. The number of para-hydroxylation sites is 1. The number of anilines is 1. The van der Waals surface area contributed by atoms with E-state index in [1.165, 1.54) is 11.3 Å². The van der Waals surface area contributed by atoms with Crippen molar-refractivity contribution in [3.8, 4) is 0 Å². The van der Waals surface area contributed by atoms with Gasteiger partial charge >= 0.3 is 6.18 Å². The molecule has 1 aromatic carbocycles. The quantitative estimate of drug-likeness (QED) is 0.551. The summed E-state index contributed by atoms with van der Waals surface area (Å²) in [7, 11) is 1.62. The number of nitrogens with one attached hydrogen (secondary N) is 2. The molecule has 0 unspecified atom stereocenters. The van der Waals surface area contributed by atoms with Crippen LogP contribution in [0.4, 0.5) is 18.9 Å². The number of nitrogens with zero attached hydrogens (tertiary/aromatic N) is 3. The van der Waals surface area contributed by atoms with Gasteiger partial charge in [0.1, 0.15) is 5.01 Å². The van der Waals surface area contributed by atoms with Crippen molar-refractivity contribution in [1.29, 1.82) is 0 Å². The van der Waals surface area contributed by atoms with Gasteiger partial charge in [-0.05, 0) is 25.5 Å². The Balaban J connectivity index is 1.83. The van der Waals surface area contributed by atoms with Gasteiger partial charge in [-0.25, -0.2) is 4.98 Å². The number of alkyl halides is 3. The van der Waals surface area contributed by atoms with Crippen LogP contribution in [0, 0.1) is 6.92 Å². The van der Waals surface area contributed by atoms with Crippen molar-refractivity contribution in [2.24, 2.45) is 4.99 Å². The molecule has 27 heavy (non-hydrogen) atoms. The third kappa shape index (κ3) is 6.13. The molecule has 0 radical (unpaired) electrons. The highest BCUT2D eigenvalue weighted by molar-refractivity contribution is 7.09. The molecule has 0 aliphatic heterocycles. The maximum absolute atomic E-state index is 12.6. The Morgan fingerprint density at radius 2 is 2.00 bits per heavy atom. The zero-order valence-electron chi connectivity index (χ0n) is 15.6. The van der Waals surface area contributed by atoms with Gasteiger partial charge in [-0.3, -0.25) is 4.99 Å². The Morgan fingerprint density at radius 1 is 1.26 bits per heavy atom. The number of halogens is 3. The van der Waals surface area contributed by atoms with E-state index in [0.717, 1.165) is 29.8 Å². The molecular formula is C18H24F3N5S. The number of benzene rings is 1. The Bertz CT molecular complexity index is 757. The minimum atomic E-state index is -4.41. The Morgan fingerprint density at radius 3 is 2.59 bits per heavy atom. The molecule has 0 fully saturated rings. The first-order chi connectivity index (χ1) is 12.8. The normalized spacial score (nSPS) is 12.1. The van der Waals surface area contributed by atoms with Crippen LogP contribution >= 0.6 is 11.3 Å². The van der Waals surface area contributed by atoms with Crippen LogP contribution < -0.4 is 15.5 Å². The molecule has 9 heteroatoms. The summed E-state index contributed by atoms with van der Waals surface area (Å²) < 4.78 is 37.8. The van der Waals surface area contributed by atoms with Crippen molar-refractivity contribution in [3.05, 3.63) is 45.9 Å². The van der Waals surface area contributed by atoms with E-state index < -0.39 is 11.9 Å². The van der Waals surface area contributed by atoms with Gasteiger partial charge in [0.2, 0.25) is 0 Å². The van der Waals surface area contributed by atoms with E-state index in [1.807, 2.05) is 12.1 Å². The number of aryl methyl sites for hydroxylation is 1. The summed E-state index contributed by atoms with van der Waals surface area (Å²) in [6.07, 6.45) is -4.41. The second-order valence-corrected chi connectivity index (χ2v) is 6.79. The summed E-state index contributed by atoms with van der Waals surface area (Å²) in [4.78, 5) is 9.96. The molecule has 0 aliphatic rings. The van der Waals surface area contributed by atoms with Gasteiger partial charge in [0, 0.05) is 37.7 Å². The number of thiazole rings is 1. The summed E-state index contributed by atoms with van der Waals surface area (Å²) in [6, 6.07) is 8.20. The first-order valence-electron chi connectivity index (χ1n) is 8.61. The average molecular weight is 399 g/mol. The molecule has 5 nitrogen and oxygen atoms in total. The molecule has 0 bridgehead atoms. The smallest absolute Gasteiger partial charge is 0.370 e. The molecular weight excluding hydrogens is 375 g/mol. The lowest BCUT2D eigenvalue weighted by Crippen LogP contribution is -2.41. The highest BCUT2D eigenvalue weighted by Crippen LogP contribution is 2.29. The monoisotopic (exact) mass is 399 g/mol. The SMILES string of the molecule is CCN(CCNC(=NC)NCc1nc(C(F)(F)F)cs1)c1ccccc1C. The van der Waals surface area contributed by atoms with E-state index in [9.17, 15) is 13.2 Å². The van der Waals surface area contributed by atoms with Gasteiger partial charge in [-0.2, -0.15) is 13.2 Å². The van der Waals surface area contributed by atoms with Gasteiger partial charge < -0.3 is 15.5 Å². The second kappa shape index (κ2) is 9.59. The Kier molecular flexibility index (Phi) is 7.46. The Hall–Kier alpha value is -2.29. The van der Waals surface area contributed by atoms with E-state index in [1.54, 1.807) is 7.05 Å². The van der Waals surface area contributed by atoms with Gasteiger partial charge in [-0.1, -0.05) is 18.2 Å². The van der Waals surface area contributed by atoms with Crippen molar-refractivity contribution >= 4 is 23.0 Å². The van der Waals surface area contributed by atoms with E-state index >= 15 is 0 Å². The fraction of sp³-hybridized carbons (Fsp3) is 0.444. The van der Waals surface area contributed by atoms with Crippen LogP contribution in [-0.4, -0.2) is 37.6 Å². The van der Waals surface area contributed by atoms with Gasteiger partial charge in [0.25, 0.3) is 0 Å². The molecule has 148 valence electrons. The predicted molar refractivity (Wildman–Crippen MR) is 104 cm³/mol. The Labute approximate surface area is 161 Å². The van der Waals surface area contributed by atoms with Crippen molar-refractivity contribution in [3.63, 3.8) is 0 Å². The molecule has 0 aliphatic carbocycles. The second-order valence-electron chi connectivity index (χ2n) is 5.84. The summed E-state index contributed by atoms with van der Waals surface area (Å²) in [6.45, 7) is 6.66. The van der Waals surface area contributed by atoms with Crippen LogP contribution in [0.15, 0.2) is 34.6 Å². The molecule has 0 amide bonds. The third-order valence-corrected chi connectivity index (χ3v) is 4.83. The zero-order valence-corrected chi connectivity index (χ0v) is 16.4. The average Bonchev–Trinajstić information content (AvgIpc) is 3.12. The van der Waals surface area contributed by atoms with Crippen molar-refractivity contribution in [2.45, 2.75) is 26.6 Å². The number of hydrogen-bond donors (Lipinski definition) is 2. The molecule has 2 aromatic rings. The van der Waals surface area contributed by atoms with Crippen LogP contribution in [0.5, 0.6) is 0 Å². The van der Waals surface area contributed by atoms with Crippen LogP contribution in [0.1, 0.15) is 23.2 Å². The number of aromatic nitrogens is 1. The summed E-state index contributed by atoms with van der Waals surface area (Å²) in [5.41, 5.74) is 1.54. The molecule has 0 atom stereocenters. The molecule has 1 aromatic heterocycles. The third-order valence-electron chi connectivity index (χ3n) is 3.98. The van der Waals surface area contributed by atoms with Gasteiger partial charge in [0.05, 0.1) is 6.54 Å². The van der Waals surface area contributed by atoms with Crippen LogP contribution in [0.2, 0.25) is 0 Å². The topological polar surface area (TPSA) is 52.5 Å². The summed E-state index contributed by atoms with van der Waals surface area (Å²) >= 11 is 0.976. The number of rotatable bonds is 7. The van der Waals surface area contributed by atoms with E-state index in [4.69, 9.17) is 0 Å². The predicted octanol–water partition coefficient (Wildman–Crippen LogP) is 3.66. The lowest BCUT2D eigenvalue weighted by atomic mass is 10.2. The number of likely N-dealkylation sites (N-methyl/N-ethyl adjacent to an activating group) is 1. The van der Waals surface area contributed by atoms with Crippen LogP contribution in [0.3, 0.4) is 0 Å². The van der Waals surface area contributed by atoms with Crippen molar-refractivity contribution < 1.29 is 13.2 Å². The van der Waals surface area contributed by atoms with E-state index in [0.29, 0.717) is 17.5 Å². The number of hydrogen-bond acceptors (Lipinski definition) is 4. The van der Waals surface area contributed by atoms with E-state index in [2.05, 4.69) is 51.5 Å². The minimum absolute atomic E-state index is 0.190. The van der Waals surface area contributed by atoms with Crippen molar-refractivity contribution in [1.82, 2.24) is 15.6 Å². The summed E-state index contributed by atoms with van der Waals surface area (Å²) in [5.74, 6) is 0.527.